The molecule has 4 heteroatoms. The maximum absolute atomic E-state index is 11.3. The zero-order chi connectivity index (χ0) is 13.8. The third kappa shape index (κ3) is 2.91. The minimum Gasteiger partial charge on any atom is -0.300 e. The molecule has 102 valence electrons. The highest BCUT2D eigenvalue weighted by Gasteiger charge is 2.17. The summed E-state index contributed by atoms with van der Waals surface area (Å²) in [4.78, 5) is 22.3. The van der Waals surface area contributed by atoms with E-state index >= 15 is 0 Å². The molecule has 0 saturated carbocycles. The number of rotatable bonds is 3. The Morgan fingerprint density at radius 3 is 2.45 bits per heavy atom. The van der Waals surface area contributed by atoms with E-state index in [2.05, 4.69) is 27.0 Å². The van der Waals surface area contributed by atoms with Crippen LogP contribution in [0.5, 0.6) is 0 Å². The monoisotopic (exact) mass is 267 g/mol. The van der Waals surface area contributed by atoms with Gasteiger partial charge >= 0.3 is 0 Å². The van der Waals surface area contributed by atoms with Crippen molar-refractivity contribution in [3.8, 4) is 11.4 Å². The summed E-state index contributed by atoms with van der Waals surface area (Å²) >= 11 is 0. The van der Waals surface area contributed by atoms with Crippen LogP contribution in [0.1, 0.15) is 18.4 Å². The van der Waals surface area contributed by atoms with Gasteiger partial charge in [-0.2, -0.15) is 0 Å². The molecule has 1 aliphatic heterocycles. The average molecular weight is 267 g/mol. The van der Waals surface area contributed by atoms with E-state index in [1.54, 1.807) is 12.4 Å². The first-order valence-corrected chi connectivity index (χ1v) is 6.92. The number of benzene rings is 1. The van der Waals surface area contributed by atoms with Gasteiger partial charge < -0.3 is 0 Å². The molecule has 0 atom stereocenters. The Bertz CT molecular complexity index is 588. The van der Waals surface area contributed by atoms with Crippen LogP contribution >= 0.6 is 0 Å². The summed E-state index contributed by atoms with van der Waals surface area (Å²) in [5.41, 5.74) is 2.29. The minimum absolute atomic E-state index is 0.376. The molecule has 1 aliphatic rings. The van der Waals surface area contributed by atoms with Crippen molar-refractivity contribution in [1.82, 2.24) is 14.9 Å². The van der Waals surface area contributed by atoms with Crippen molar-refractivity contribution in [2.24, 2.45) is 0 Å². The summed E-state index contributed by atoms with van der Waals surface area (Å²) in [7, 11) is 0. The van der Waals surface area contributed by atoms with E-state index < -0.39 is 0 Å². The maximum Gasteiger partial charge on any atom is 0.159 e. The van der Waals surface area contributed by atoms with Gasteiger partial charge in [0, 0.05) is 50.4 Å². The summed E-state index contributed by atoms with van der Waals surface area (Å²) in [6.07, 6.45) is 4.87. The largest absolute Gasteiger partial charge is 0.300 e. The number of Topliss-reactive ketones (excluding diaryl/α,β-unsaturated/α-hetero) is 1. The van der Waals surface area contributed by atoms with Gasteiger partial charge in [0.25, 0.3) is 0 Å². The highest BCUT2D eigenvalue weighted by atomic mass is 16.1. The first-order valence-electron chi connectivity index (χ1n) is 6.92. The lowest BCUT2D eigenvalue weighted by Gasteiger charge is -2.26. The van der Waals surface area contributed by atoms with Crippen LogP contribution in [0.3, 0.4) is 0 Å². The Morgan fingerprint density at radius 1 is 1.00 bits per heavy atom. The molecular weight excluding hydrogens is 250 g/mol. The molecule has 1 saturated heterocycles. The van der Waals surface area contributed by atoms with Crippen LogP contribution in [0, 0.1) is 0 Å². The molecule has 0 N–H and O–H groups in total. The predicted molar refractivity (Wildman–Crippen MR) is 77.0 cm³/mol. The molecular formula is C16H17N3O. The van der Waals surface area contributed by atoms with Gasteiger partial charge in [0.2, 0.25) is 0 Å². The van der Waals surface area contributed by atoms with Gasteiger partial charge in [-0.25, -0.2) is 9.97 Å². The summed E-state index contributed by atoms with van der Waals surface area (Å²) in [5.74, 6) is 1.14. The van der Waals surface area contributed by atoms with E-state index in [1.165, 1.54) is 5.56 Å². The van der Waals surface area contributed by atoms with Crippen LogP contribution in [-0.4, -0.2) is 33.7 Å². The standard InChI is InChI=1S/C16H17N3O/c20-14-6-10-19(11-7-14)12-13-4-1-2-5-15(13)16-17-8-3-9-18-16/h1-5,8-9H,6-7,10-12H2. The Hall–Kier alpha value is -2.07. The quantitative estimate of drug-likeness (QED) is 0.856. The molecule has 1 aromatic heterocycles. The van der Waals surface area contributed by atoms with Gasteiger partial charge in [-0.3, -0.25) is 9.69 Å². The lowest BCUT2D eigenvalue weighted by Crippen LogP contribution is -2.33. The smallest absolute Gasteiger partial charge is 0.159 e. The molecule has 1 fully saturated rings. The van der Waals surface area contributed by atoms with E-state index in [9.17, 15) is 4.79 Å². The summed E-state index contributed by atoms with van der Waals surface area (Å²) in [6.45, 7) is 2.55. The Labute approximate surface area is 118 Å². The molecule has 0 aliphatic carbocycles. The Balaban J connectivity index is 1.82. The Morgan fingerprint density at radius 2 is 1.70 bits per heavy atom. The SMILES string of the molecule is O=C1CCN(Cc2ccccc2-c2ncccn2)CC1. The maximum atomic E-state index is 11.3. The first-order chi connectivity index (χ1) is 9.83. The summed E-state index contributed by atoms with van der Waals surface area (Å²) < 4.78 is 0. The normalized spacial score (nSPS) is 16.3. The van der Waals surface area contributed by atoms with E-state index in [0.29, 0.717) is 18.6 Å². The number of nitrogens with zero attached hydrogens (tertiary/aromatic N) is 3. The van der Waals surface area contributed by atoms with Crippen LogP contribution < -0.4 is 0 Å². The molecule has 0 radical (unpaired) electrons. The zero-order valence-electron chi connectivity index (χ0n) is 11.3. The van der Waals surface area contributed by atoms with E-state index in [0.717, 1.165) is 31.0 Å². The van der Waals surface area contributed by atoms with Crippen LogP contribution in [0.15, 0.2) is 42.7 Å². The molecule has 0 unspecified atom stereocenters. The Kier molecular flexibility index (Phi) is 3.83. The van der Waals surface area contributed by atoms with Gasteiger partial charge in [-0.15, -0.1) is 0 Å². The zero-order valence-corrected chi connectivity index (χ0v) is 11.3. The van der Waals surface area contributed by atoms with E-state index in [4.69, 9.17) is 0 Å². The first kappa shape index (κ1) is 12.9. The fraction of sp³-hybridized carbons (Fsp3) is 0.312. The number of ketones is 1. The highest BCUT2D eigenvalue weighted by Crippen LogP contribution is 2.22. The van der Waals surface area contributed by atoms with Gasteiger partial charge in [0.1, 0.15) is 5.78 Å². The highest BCUT2D eigenvalue weighted by molar-refractivity contribution is 5.79. The third-order valence-electron chi connectivity index (χ3n) is 3.63. The molecule has 0 bridgehead atoms. The number of aromatic nitrogens is 2. The molecule has 0 amide bonds. The van der Waals surface area contributed by atoms with Gasteiger partial charge in [-0.05, 0) is 11.6 Å². The van der Waals surface area contributed by atoms with Crippen LogP contribution in [0.25, 0.3) is 11.4 Å². The van der Waals surface area contributed by atoms with E-state index in [1.807, 2.05) is 18.2 Å². The minimum atomic E-state index is 0.376. The van der Waals surface area contributed by atoms with Gasteiger partial charge in [0.15, 0.2) is 5.82 Å². The van der Waals surface area contributed by atoms with Gasteiger partial charge in [0.05, 0.1) is 0 Å². The molecule has 20 heavy (non-hydrogen) atoms. The average Bonchev–Trinajstić information content (AvgIpc) is 2.51. The molecule has 4 nitrogen and oxygen atoms in total. The van der Waals surface area contributed by atoms with Crippen molar-refractivity contribution < 1.29 is 4.79 Å². The van der Waals surface area contributed by atoms with Crippen molar-refractivity contribution in [2.45, 2.75) is 19.4 Å². The number of carbonyl (C=O) groups excluding carboxylic acids is 1. The fourth-order valence-electron chi connectivity index (χ4n) is 2.52. The second-order valence-corrected chi connectivity index (χ2v) is 5.04. The number of piperidine rings is 1. The number of hydrogen-bond acceptors (Lipinski definition) is 4. The lowest BCUT2D eigenvalue weighted by atomic mass is 10.0. The second kappa shape index (κ2) is 5.92. The van der Waals surface area contributed by atoms with Gasteiger partial charge in [-0.1, -0.05) is 24.3 Å². The fourth-order valence-corrected chi connectivity index (χ4v) is 2.52. The van der Waals surface area contributed by atoms with Crippen molar-refractivity contribution in [3.63, 3.8) is 0 Å². The second-order valence-electron chi connectivity index (χ2n) is 5.04. The third-order valence-corrected chi connectivity index (χ3v) is 3.63. The van der Waals surface area contributed by atoms with Crippen molar-refractivity contribution in [1.29, 1.82) is 0 Å². The van der Waals surface area contributed by atoms with Crippen molar-refractivity contribution in [3.05, 3.63) is 48.3 Å². The molecule has 3 rings (SSSR count). The van der Waals surface area contributed by atoms with Crippen molar-refractivity contribution >= 4 is 5.78 Å². The van der Waals surface area contributed by atoms with Crippen LogP contribution in [0.4, 0.5) is 0 Å². The summed E-state index contributed by atoms with van der Waals surface area (Å²) in [6, 6.07) is 10.0. The van der Waals surface area contributed by atoms with Crippen LogP contribution in [-0.2, 0) is 11.3 Å². The topological polar surface area (TPSA) is 46.1 Å². The van der Waals surface area contributed by atoms with Crippen molar-refractivity contribution in [2.75, 3.05) is 13.1 Å². The number of hydrogen-bond donors (Lipinski definition) is 0. The molecule has 0 spiro atoms. The number of likely N-dealkylation sites (tertiary alicyclic amines) is 1. The lowest BCUT2D eigenvalue weighted by molar-refractivity contribution is -0.121. The number of carbonyl (C=O) groups is 1. The van der Waals surface area contributed by atoms with Crippen LogP contribution in [0.2, 0.25) is 0 Å². The summed E-state index contributed by atoms with van der Waals surface area (Å²) in [5, 5.41) is 0. The molecule has 1 aromatic carbocycles. The van der Waals surface area contributed by atoms with E-state index in [-0.39, 0.29) is 0 Å². The molecule has 2 heterocycles. The predicted octanol–water partition coefficient (Wildman–Crippen LogP) is 2.31. The molecule has 2 aromatic rings.